The number of rotatable bonds is 3. The number of fused-ring (bicyclic) bond motifs is 3. The molecule has 35 heavy (non-hydrogen) atoms. The number of carbonyl (C=O) groups is 2. The number of piperidine rings is 2. The number of benzene rings is 2. The van der Waals surface area contributed by atoms with Crippen LogP contribution >= 0.6 is 0 Å². The zero-order valence-corrected chi connectivity index (χ0v) is 19.3. The number of nitrogens with one attached hydrogen (secondary N) is 1. The van der Waals surface area contributed by atoms with Gasteiger partial charge in [-0.05, 0) is 56.0 Å². The molecule has 2 saturated heterocycles. The van der Waals surface area contributed by atoms with Crippen molar-refractivity contribution in [1.82, 2.24) is 9.97 Å². The zero-order valence-electron chi connectivity index (χ0n) is 19.3. The van der Waals surface area contributed by atoms with E-state index in [1.165, 1.54) is 18.3 Å². The molecule has 2 aliphatic heterocycles. The Bertz CT molecular complexity index is 1460. The highest BCUT2D eigenvalue weighted by atomic mass is 19.1. The fraction of sp³-hybridized carbons (Fsp3) is 0.296. The number of carbonyl (C=O) groups excluding carboxylic acids is 2. The predicted molar refractivity (Wildman–Crippen MR) is 134 cm³/mol. The summed E-state index contributed by atoms with van der Waals surface area (Å²) in [6.07, 6.45) is 4.87. The molecular formula is C27H26FN5O2. The van der Waals surface area contributed by atoms with Crippen molar-refractivity contribution in [3.05, 3.63) is 66.1 Å². The Morgan fingerprint density at radius 3 is 2.57 bits per heavy atom. The van der Waals surface area contributed by atoms with Gasteiger partial charge in [0.05, 0.1) is 21.9 Å². The summed E-state index contributed by atoms with van der Waals surface area (Å²) in [7, 11) is 0. The van der Waals surface area contributed by atoms with Crippen molar-refractivity contribution in [1.29, 1.82) is 0 Å². The second-order valence-corrected chi connectivity index (χ2v) is 9.62. The Morgan fingerprint density at radius 1 is 1.06 bits per heavy atom. The maximum atomic E-state index is 13.9. The standard InChI is InChI=1S/C27H26FN5O2/c28-17-7-9-18(10-8-17)33-14-4-12-27(26(33)35)11-3-13-32(16-27)25-22-19-5-1-2-6-21(19)31-23(22)20(15-30-25)24(29)34/h1-2,5-10,15,31H,3-4,11-14,16H2,(H2,29,34)/t27-/m1/s1. The Labute approximate surface area is 201 Å². The van der Waals surface area contributed by atoms with E-state index in [1.54, 1.807) is 17.0 Å². The van der Waals surface area contributed by atoms with E-state index in [9.17, 15) is 14.0 Å². The van der Waals surface area contributed by atoms with Crippen molar-refractivity contribution in [2.75, 3.05) is 29.4 Å². The number of nitrogens with two attached hydrogens (primary N) is 1. The summed E-state index contributed by atoms with van der Waals surface area (Å²) in [5.74, 6) is -0.00433. The second-order valence-electron chi connectivity index (χ2n) is 9.62. The summed E-state index contributed by atoms with van der Waals surface area (Å²) in [5.41, 5.74) is 7.78. The minimum atomic E-state index is -0.534. The Hall–Kier alpha value is -3.94. The van der Waals surface area contributed by atoms with Crippen LogP contribution in [0.4, 0.5) is 15.9 Å². The van der Waals surface area contributed by atoms with Crippen LogP contribution in [0.15, 0.2) is 54.7 Å². The molecule has 3 N–H and O–H groups in total. The van der Waals surface area contributed by atoms with Crippen molar-refractivity contribution in [2.24, 2.45) is 11.1 Å². The van der Waals surface area contributed by atoms with E-state index in [0.717, 1.165) is 60.0 Å². The first-order valence-electron chi connectivity index (χ1n) is 12.0. The first-order chi connectivity index (χ1) is 17.0. The lowest BCUT2D eigenvalue weighted by atomic mass is 9.72. The van der Waals surface area contributed by atoms with Crippen molar-refractivity contribution < 1.29 is 14.0 Å². The lowest BCUT2D eigenvalue weighted by Crippen LogP contribution is -2.56. The molecule has 178 valence electrons. The second kappa shape index (κ2) is 8.08. The van der Waals surface area contributed by atoms with Gasteiger partial charge in [-0.15, -0.1) is 0 Å². The van der Waals surface area contributed by atoms with E-state index < -0.39 is 11.3 Å². The number of primary amides is 1. The maximum absolute atomic E-state index is 13.9. The minimum Gasteiger partial charge on any atom is -0.365 e. The highest BCUT2D eigenvalue weighted by Crippen LogP contribution is 2.44. The summed E-state index contributed by atoms with van der Waals surface area (Å²) >= 11 is 0. The van der Waals surface area contributed by atoms with Crippen molar-refractivity contribution >= 4 is 45.1 Å². The van der Waals surface area contributed by atoms with Gasteiger partial charge < -0.3 is 20.5 Å². The smallest absolute Gasteiger partial charge is 0.252 e. The van der Waals surface area contributed by atoms with Crippen molar-refractivity contribution in [2.45, 2.75) is 25.7 Å². The minimum absolute atomic E-state index is 0.0870. The van der Waals surface area contributed by atoms with Gasteiger partial charge in [-0.1, -0.05) is 18.2 Å². The molecule has 0 radical (unpaired) electrons. The predicted octanol–water partition coefficient (Wildman–Crippen LogP) is 4.37. The van der Waals surface area contributed by atoms with E-state index in [2.05, 4.69) is 9.88 Å². The zero-order chi connectivity index (χ0) is 24.2. The Kier molecular flexibility index (Phi) is 4.98. The number of aromatic amines is 1. The quantitative estimate of drug-likeness (QED) is 0.464. The molecule has 0 unspecified atom stereocenters. The largest absolute Gasteiger partial charge is 0.365 e. The number of aromatic nitrogens is 2. The number of pyridine rings is 1. The normalized spacial score (nSPS) is 20.8. The average molecular weight is 472 g/mol. The molecule has 2 aromatic heterocycles. The molecule has 8 heteroatoms. The number of hydrogen-bond donors (Lipinski definition) is 2. The van der Waals surface area contributed by atoms with Gasteiger partial charge in [0.1, 0.15) is 11.6 Å². The van der Waals surface area contributed by atoms with Crippen LogP contribution in [-0.4, -0.2) is 41.4 Å². The van der Waals surface area contributed by atoms with Gasteiger partial charge in [0, 0.05) is 42.4 Å². The molecule has 2 amide bonds. The lowest BCUT2D eigenvalue weighted by molar-refractivity contribution is -0.131. The van der Waals surface area contributed by atoms with Crippen LogP contribution in [0.1, 0.15) is 36.0 Å². The lowest BCUT2D eigenvalue weighted by Gasteiger charge is -2.47. The SMILES string of the molecule is NC(=O)c1cnc(N2CCC[C@@]3(CCCN(c4ccc(F)cc4)C3=O)C2)c2c1[nH]c1ccccc12. The van der Waals surface area contributed by atoms with Crippen LogP contribution in [0, 0.1) is 11.2 Å². The van der Waals surface area contributed by atoms with Gasteiger partial charge in [-0.25, -0.2) is 9.37 Å². The third kappa shape index (κ3) is 3.43. The fourth-order valence-electron chi connectivity index (χ4n) is 5.89. The summed E-state index contributed by atoms with van der Waals surface area (Å²) in [6, 6.07) is 14.0. The summed E-state index contributed by atoms with van der Waals surface area (Å²) in [6.45, 7) is 1.94. The summed E-state index contributed by atoms with van der Waals surface area (Å²) in [4.78, 5) is 38.0. The van der Waals surface area contributed by atoms with Crippen molar-refractivity contribution in [3.8, 4) is 0 Å². The number of hydrogen-bond acceptors (Lipinski definition) is 4. The van der Waals surface area contributed by atoms with E-state index >= 15 is 0 Å². The Morgan fingerprint density at radius 2 is 1.80 bits per heavy atom. The first-order valence-corrected chi connectivity index (χ1v) is 12.0. The average Bonchev–Trinajstić information content (AvgIpc) is 3.26. The third-order valence-corrected chi connectivity index (χ3v) is 7.53. The van der Waals surface area contributed by atoms with Crippen LogP contribution in [-0.2, 0) is 4.79 Å². The number of anilines is 2. The van der Waals surface area contributed by atoms with E-state index in [1.807, 2.05) is 24.3 Å². The van der Waals surface area contributed by atoms with Gasteiger partial charge in [0.15, 0.2) is 0 Å². The van der Waals surface area contributed by atoms with Gasteiger partial charge >= 0.3 is 0 Å². The van der Waals surface area contributed by atoms with E-state index in [-0.39, 0.29) is 11.7 Å². The summed E-state index contributed by atoms with van der Waals surface area (Å²) in [5, 5.41) is 1.82. The van der Waals surface area contributed by atoms with Crippen LogP contribution < -0.4 is 15.5 Å². The van der Waals surface area contributed by atoms with Crippen LogP contribution in [0.25, 0.3) is 21.8 Å². The van der Waals surface area contributed by atoms with Crippen LogP contribution in [0.3, 0.4) is 0 Å². The molecule has 2 fully saturated rings. The first kappa shape index (κ1) is 21.6. The van der Waals surface area contributed by atoms with Crippen LogP contribution in [0.5, 0.6) is 0 Å². The monoisotopic (exact) mass is 471 g/mol. The molecule has 2 aliphatic rings. The maximum Gasteiger partial charge on any atom is 0.252 e. The number of nitrogens with zero attached hydrogens (tertiary/aromatic N) is 3. The third-order valence-electron chi connectivity index (χ3n) is 7.53. The number of H-pyrrole nitrogens is 1. The molecule has 1 spiro atoms. The van der Waals surface area contributed by atoms with Crippen molar-refractivity contribution in [3.63, 3.8) is 0 Å². The molecule has 6 rings (SSSR count). The highest BCUT2D eigenvalue weighted by Gasteiger charge is 2.47. The molecule has 0 bridgehead atoms. The van der Waals surface area contributed by atoms with Crippen LogP contribution in [0.2, 0.25) is 0 Å². The van der Waals surface area contributed by atoms with Gasteiger partial charge in [0.2, 0.25) is 5.91 Å². The van der Waals surface area contributed by atoms with Gasteiger partial charge in [-0.2, -0.15) is 0 Å². The summed E-state index contributed by atoms with van der Waals surface area (Å²) < 4.78 is 13.5. The molecule has 0 aliphatic carbocycles. The molecule has 1 atom stereocenters. The van der Waals surface area contributed by atoms with E-state index in [0.29, 0.717) is 24.2 Å². The molecule has 2 aromatic carbocycles. The molecule has 7 nitrogen and oxygen atoms in total. The molecule has 4 heterocycles. The highest BCUT2D eigenvalue weighted by molar-refractivity contribution is 6.18. The Balaban J connectivity index is 1.41. The van der Waals surface area contributed by atoms with E-state index in [4.69, 9.17) is 10.7 Å². The molecule has 4 aromatic rings. The van der Waals surface area contributed by atoms with Gasteiger partial charge in [-0.3, -0.25) is 9.59 Å². The number of halogens is 1. The van der Waals surface area contributed by atoms with Gasteiger partial charge in [0.25, 0.3) is 5.91 Å². The number of para-hydroxylation sites is 1. The number of amides is 2. The topological polar surface area (TPSA) is 95.3 Å². The molecule has 0 saturated carbocycles. The molecular weight excluding hydrogens is 445 g/mol. The fourth-order valence-corrected chi connectivity index (χ4v) is 5.89.